The summed E-state index contributed by atoms with van der Waals surface area (Å²) in [6.07, 6.45) is 1.15. The Kier molecular flexibility index (Phi) is 5.04. The number of carboxylic acid groups (broad SMARTS) is 1. The van der Waals surface area contributed by atoms with Crippen LogP contribution in [0.2, 0.25) is 5.02 Å². The van der Waals surface area contributed by atoms with E-state index in [4.69, 9.17) is 21.4 Å². The number of benzene rings is 1. The van der Waals surface area contributed by atoms with Crippen LogP contribution in [-0.2, 0) is 11.3 Å². The number of hydrogen-bond acceptors (Lipinski definition) is 4. The Labute approximate surface area is 141 Å². The van der Waals surface area contributed by atoms with Gasteiger partial charge in [-0.1, -0.05) is 11.6 Å². The van der Waals surface area contributed by atoms with Crippen LogP contribution in [0.1, 0.15) is 17.3 Å². The Hall–Kier alpha value is -2.67. The van der Waals surface area contributed by atoms with Gasteiger partial charge in [-0.05, 0) is 19.1 Å². The Morgan fingerprint density at radius 3 is 2.58 bits per heavy atom. The summed E-state index contributed by atoms with van der Waals surface area (Å²) in [6.45, 7) is 0.678. The van der Waals surface area contributed by atoms with E-state index in [0.717, 1.165) is 16.8 Å². The fraction of sp³-hybridized carbons (Fsp3) is 0.188. The minimum absolute atomic E-state index is 0.0225. The van der Waals surface area contributed by atoms with Crippen molar-refractivity contribution in [3.63, 3.8) is 0 Å². The third-order valence-electron chi connectivity index (χ3n) is 3.36. The Morgan fingerprint density at radius 2 is 2.04 bits per heavy atom. The van der Waals surface area contributed by atoms with E-state index in [9.17, 15) is 18.8 Å². The lowest BCUT2D eigenvalue weighted by atomic mass is 9.96. The SMILES string of the molecule is COc1cn(CC(=O)O)c(=O)cc1-c1c(C(C)=O)ccc(Cl)c1F. The first-order valence-electron chi connectivity index (χ1n) is 6.75. The van der Waals surface area contributed by atoms with E-state index in [-0.39, 0.29) is 27.5 Å². The molecule has 1 N–H and O–H groups in total. The zero-order valence-electron chi connectivity index (χ0n) is 12.8. The Bertz CT molecular complexity index is 891. The Morgan fingerprint density at radius 1 is 1.38 bits per heavy atom. The highest BCUT2D eigenvalue weighted by molar-refractivity contribution is 6.31. The van der Waals surface area contributed by atoms with Crippen molar-refractivity contribution in [1.29, 1.82) is 0 Å². The van der Waals surface area contributed by atoms with Gasteiger partial charge in [0.05, 0.1) is 18.3 Å². The summed E-state index contributed by atoms with van der Waals surface area (Å²) >= 11 is 5.79. The maximum Gasteiger partial charge on any atom is 0.323 e. The molecule has 0 saturated carbocycles. The molecule has 1 aromatic heterocycles. The fourth-order valence-electron chi connectivity index (χ4n) is 2.29. The van der Waals surface area contributed by atoms with Crippen molar-refractivity contribution in [3.8, 4) is 16.9 Å². The highest BCUT2D eigenvalue weighted by Crippen LogP contribution is 2.36. The zero-order chi connectivity index (χ0) is 18.0. The predicted octanol–water partition coefficient (Wildman–Crippen LogP) is 2.60. The standard InChI is InChI=1S/C16H13ClFNO5/c1-8(20)9-3-4-11(17)16(18)15(9)10-5-13(21)19(7-14(22)23)6-12(10)24-2/h3-6H,7H2,1-2H3,(H,22,23). The molecule has 0 spiro atoms. The Balaban J connectivity index is 2.80. The minimum Gasteiger partial charge on any atom is -0.495 e. The summed E-state index contributed by atoms with van der Waals surface area (Å²) in [5, 5.41) is 8.60. The number of aromatic nitrogens is 1. The van der Waals surface area contributed by atoms with Crippen molar-refractivity contribution in [1.82, 2.24) is 4.57 Å². The largest absolute Gasteiger partial charge is 0.495 e. The van der Waals surface area contributed by atoms with Gasteiger partial charge >= 0.3 is 5.97 Å². The van der Waals surface area contributed by atoms with Crippen molar-refractivity contribution >= 4 is 23.4 Å². The van der Waals surface area contributed by atoms with Gasteiger partial charge in [0.1, 0.15) is 18.1 Å². The number of aliphatic carboxylic acids is 1. The van der Waals surface area contributed by atoms with Crippen LogP contribution in [0, 0.1) is 5.82 Å². The van der Waals surface area contributed by atoms with Crippen LogP contribution in [0.15, 0.2) is 29.2 Å². The molecule has 0 atom stereocenters. The highest BCUT2D eigenvalue weighted by atomic mass is 35.5. The van der Waals surface area contributed by atoms with Gasteiger partial charge in [0.2, 0.25) is 0 Å². The number of Topliss-reactive ketones (excluding diaryl/α,β-unsaturated/α-hetero) is 1. The lowest BCUT2D eigenvalue weighted by molar-refractivity contribution is -0.137. The molecule has 1 aromatic carbocycles. The van der Waals surface area contributed by atoms with Crippen molar-refractivity contribution in [2.75, 3.05) is 7.11 Å². The van der Waals surface area contributed by atoms with Crippen molar-refractivity contribution in [2.45, 2.75) is 13.5 Å². The number of halogens is 2. The normalized spacial score (nSPS) is 10.5. The van der Waals surface area contributed by atoms with Crippen molar-refractivity contribution in [2.24, 2.45) is 0 Å². The number of ether oxygens (including phenoxy) is 1. The number of hydrogen-bond donors (Lipinski definition) is 1. The molecule has 6 nitrogen and oxygen atoms in total. The molecule has 0 unspecified atom stereocenters. The lowest BCUT2D eigenvalue weighted by Crippen LogP contribution is -2.23. The van der Waals surface area contributed by atoms with E-state index < -0.39 is 29.7 Å². The van der Waals surface area contributed by atoms with Gasteiger partial charge in [-0.3, -0.25) is 14.4 Å². The monoisotopic (exact) mass is 353 g/mol. The highest BCUT2D eigenvalue weighted by Gasteiger charge is 2.21. The molecular formula is C16H13ClFNO5. The van der Waals surface area contributed by atoms with Gasteiger partial charge < -0.3 is 14.4 Å². The van der Waals surface area contributed by atoms with Gasteiger partial charge in [-0.15, -0.1) is 0 Å². The van der Waals surface area contributed by atoms with Gasteiger partial charge in [0.25, 0.3) is 5.56 Å². The minimum atomic E-state index is -1.22. The van der Waals surface area contributed by atoms with Gasteiger partial charge in [-0.25, -0.2) is 4.39 Å². The topological polar surface area (TPSA) is 85.6 Å². The van der Waals surface area contributed by atoms with E-state index >= 15 is 0 Å². The number of methoxy groups -OCH3 is 1. The number of carboxylic acids is 1. The maximum atomic E-state index is 14.5. The molecule has 2 rings (SSSR count). The second-order valence-corrected chi connectivity index (χ2v) is 5.36. The third kappa shape index (κ3) is 3.30. The van der Waals surface area contributed by atoms with E-state index in [1.54, 1.807) is 0 Å². The number of rotatable bonds is 5. The molecule has 126 valence electrons. The predicted molar refractivity (Wildman–Crippen MR) is 85.3 cm³/mol. The van der Waals surface area contributed by atoms with Crippen LogP contribution in [-0.4, -0.2) is 28.5 Å². The van der Waals surface area contributed by atoms with E-state index in [1.165, 1.54) is 26.2 Å². The number of carbonyl (C=O) groups is 2. The molecule has 0 amide bonds. The van der Waals surface area contributed by atoms with Crippen molar-refractivity contribution < 1.29 is 23.8 Å². The summed E-state index contributed by atoms with van der Waals surface area (Å²) < 4.78 is 20.6. The van der Waals surface area contributed by atoms with Crippen LogP contribution in [0.3, 0.4) is 0 Å². The molecule has 8 heteroatoms. The summed E-state index contributed by atoms with van der Waals surface area (Å²) in [5.74, 6) is -2.46. The zero-order valence-corrected chi connectivity index (χ0v) is 13.6. The molecule has 0 aliphatic rings. The smallest absolute Gasteiger partial charge is 0.323 e. The van der Waals surface area contributed by atoms with Gasteiger partial charge in [0, 0.05) is 22.8 Å². The maximum absolute atomic E-state index is 14.5. The molecule has 24 heavy (non-hydrogen) atoms. The van der Waals surface area contributed by atoms with Crippen LogP contribution in [0.4, 0.5) is 4.39 Å². The van der Waals surface area contributed by atoms with Crippen LogP contribution in [0.25, 0.3) is 11.1 Å². The first kappa shape index (κ1) is 17.7. The van der Waals surface area contributed by atoms with Gasteiger partial charge in [0.15, 0.2) is 5.78 Å². The molecule has 0 bridgehead atoms. The summed E-state index contributed by atoms with van der Waals surface area (Å²) in [4.78, 5) is 34.7. The molecule has 2 aromatic rings. The molecule has 0 fully saturated rings. The number of nitrogens with zero attached hydrogens (tertiary/aromatic N) is 1. The summed E-state index contributed by atoms with van der Waals surface area (Å²) in [7, 11) is 1.28. The molecule has 0 aliphatic carbocycles. The molecular weight excluding hydrogens is 341 g/mol. The van der Waals surface area contributed by atoms with E-state index in [1.807, 2.05) is 0 Å². The number of carbonyl (C=O) groups excluding carboxylic acids is 1. The van der Waals surface area contributed by atoms with Crippen LogP contribution < -0.4 is 10.3 Å². The number of pyridine rings is 1. The van der Waals surface area contributed by atoms with Crippen molar-refractivity contribution in [3.05, 3.63) is 51.2 Å². The third-order valence-corrected chi connectivity index (χ3v) is 3.65. The molecule has 1 heterocycles. The average molecular weight is 354 g/mol. The van der Waals surface area contributed by atoms with E-state index in [0.29, 0.717) is 0 Å². The van der Waals surface area contributed by atoms with Crippen LogP contribution >= 0.6 is 11.6 Å². The quantitative estimate of drug-likeness (QED) is 0.835. The van der Waals surface area contributed by atoms with Gasteiger partial charge in [-0.2, -0.15) is 0 Å². The second kappa shape index (κ2) is 6.84. The lowest BCUT2D eigenvalue weighted by Gasteiger charge is -2.15. The molecule has 0 saturated heterocycles. The number of ketones is 1. The molecule has 0 aliphatic heterocycles. The second-order valence-electron chi connectivity index (χ2n) is 4.96. The van der Waals surface area contributed by atoms with Crippen LogP contribution in [0.5, 0.6) is 5.75 Å². The first-order valence-corrected chi connectivity index (χ1v) is 7.13. The summed E-state index contributed by atoms with van der Waals surface area (Å²) in [6, 6.07) is 3.61. The first-order chi connectivity index (χ1) is 11.3. The fourth-order valence-corrected chi connectivity index (χ4v) is 2.44. The van der Waals surface area contributed by atoms with E-state index in [2.05, 4.69) is 0 Å². The molecule has 0 radical (unpaired) electrons. The average Bonchev–Trinajstić information content (AvgIpc) is 2.50. The summed E-state index contributed by atoms with van der Waals surface area (Å²) in [5.41, 5.74) is -0.784.